The third-order valence-electron chi connectivity index (χ3n) is 4.07. The highest BCUT2D eigenvalue weighted by atomic mass is 32.2. The Balaban J connectivity index is 2.06. The highest BCUT2D eigenvalue weighted by Gasteiger charge is 2.21. The number of nitrogens with one attached hydrogen (secondary N) is 1. The van der Waals surface area contributed by atoms with Gasteiger partial charge in [-0.1, -0.05) is 24.3 Å². The van der Waals surface area contributed by atoms with Gasteiger partial charge >= 0.3 is 0 Å². The summed E-state index contributed by atoms with van der Waals surface area (Å²) < 4.78 is 31.3. The van der Waals surface area contributed by atoms with E-state index in [9.17, 15) is 18.0 Å². The zero-order valence-corrected chi connectivity index (χ0v) is 17.2. The molecule has 0 fully saturated rings. The largest absolute Gasteiger partial charge is 0.492 e. The molecule has 29 heavy (non-hydrogen) atoms. The molecule has 2 aromatic carbocycles. The van der Waals surface area contributed by atoms with E-state index in [1.165, 1.54) is 10.4 Å². The summed E-state index contributed by atoms with van der Waals surface area (Å²) in [6.45, 7) is 2.32. The fourth-order valence-electron chi connectivity index (χ4n) is 2.81. The lowest BCUT2D eigenvalue weighted by molar-refractivity contribution is -0.116. The summed E-state index contributed by atoms with van der Waals surface area (Å²) in [6.07, 6.45) is 1.45. The van der Waals surface area contributed by atoms with Crippen LogP contribution in [0.25, 0.3) is 0 Å². The Morgan fingerprint density at radius 2 is 1.76 bits per heavy atom. The minimum atomic E-state index is -3.57. The van der Waals surface area contributed by atoms with Crippen LogP contribution in [0.5, 0.6) is 5.75 Å². The number of sulfonamides is 1. The van der Waals surface area contributed by atoms with E-state index < -0.39 is 15.9 Å². The van der Waals surface area contributed by atoms with E-state index in [0.717, 1.165) is 6.26 Å². The van der Waals surface area contributed by atoms with E-state index >= 15 is 0 Å². The van der Waals surface area contributed by atoms with Crippen LogP contribution in [0.2, 0.25) is 0 Å². The number of para-hydroxylation sites is 3. The third kappa shape index (κ3) is 6.21. The van der Waals surface area contributed by atoms with Gasteiger partial charge in [0.1, 0.15) is 5.75 Å². The summed E-state index contributed by atoms with van der Waals surface area (Å²) >= 11 is 0. The van der Waals surface area contributed by atoms with Crippen LogP contribution in [0.15, 0.2) is 48.5 Å². The summed E-state index contributed by atoms with van der Waals surface area (Å²) in [7, 11) is -3.57. The average Bonchev–Trinajstić information content (AvgIpc) is 2.65. The van der Waals surface area contributed by atoms with Gasteiger partial charge in [0.25, 0.3) is 5.91 Å². The van der Waals surface area contributed by atoms with E-state index in [2.05, 4.69) is 5.32 Å². The number of amides is 2. The van der Waals surface area contributed by atoms with Gasteiger partial charge in [-0.05, 0) is 37.6 Å². The van der Waals surface area contributed by atoms with Crippen LogP contribution in [0.4, 0.5) is 11.4 Å². The Kier molecular flexibility index (Phi) is 7.60. The first-order chi connectivity index (χ1) is 13.7. The van der Waals surface area contributed by atoms with Crippen molar-refractivity contribution in [1.82, 2.24) is 0 Å². The summed E-state index contributed by atoms with van der Waals surface area (Å²) in [4.78, 5) is 23.7. The molecule has 0 unspecified atom stereocenters. The molecule has 156 valence electrons. The second kappa shape index (κ2) is 9.92. The first-order valence-electron chi connectivity index (χ1n) is 9.12. The summed E-state index contributed by atoms with van der Waals surface area (Å²) in [5, 5.41) is 2.64. The molecule has 2 amide bonds. The molecule has 0 aromatic heterocycles. The normalized spacial score (nSPS) is 11.0. The van der Waals surface area contributed by atoms with Crippen molar-refractivity contribution in [2.45, 2.75) is 19.8 Å². The number of hydrogen-bond donors (Lipinski definition) is 2. The molecule has 0 saturated carbocycles. The first kappa shape index (κ1) is 22.2. The van der Waals surface area contributed by atoms with Crippen molar-refractivity contribution in [3.63, 3.8) is 0 Å². The first-order valence-corrected chi connectivity index (χ1v) is 11.0. The lowest BCUT2D eigenvalue weighted by atomic mass is 10.1. The van der Waals surface area contributed by atoms with Crippen LogP contribution in [0.1, 0.15) is 30.1 Å². The molecule has 0 aliphatic heterocycles. The summed E-state index contributed by atoms with van der Waals surface area (Å²) in [5.41, 5.74) is 6.27. The van der Waals surface area contributed by atoms with Gasteiger partial charge in [0.15, 0.2) is 0 Å². The number of nitrogens with two attached hydrogens (primary N) is 1. The van der Waals surface area contributed by atoms with E-state index in [1.807, 2.05) is 6.92 Å². The Hall–Kier alpha value is -3.07. The number of benzene rings is 2. The zero-order chi connectivity index (χ0) is 21.4. The van der Waals surface area contributed by atoms with Gasteiger partial charge in [-0.15, -0.1) is 0 Å². The van der Waals surface area contributed by atoms with Gasteiger partial charge in [-0.25, -0.2) is 8.42 Å². The SMILES string of the molecule is CCOc1ccccc1N(CCCC(=O)Nc1ccccc1C(N)=O)S(C)(=O)=O. The van der Waals surface area contributed by atoms with E-state index in [4.69, 9.17) is 10.5 Å². The molecule has 0 heterocycles. The molecule has 0 bridgehead atoms. The van der Waals surface area contributed by atoms with Crippen LogP contribution in [-0.4, -0.2) is 39.6 Å². The molecule has 0 atom stereocenters. The zero-order valence-electron chi connectivity index (χ0n) is 16.4. The topological polar surface area (TPSA) is 119 Å². The van der Waals surface area contributed by atoms with Crippen molar-refractivity contribution in [1.29, 1.82) is 0 Å². The maximum atomic E-state index is 12.3. The number of anilines is 2. The van der Waals surface area contributed by atoms with E-state index in [1.54, 1.807) is 42.5 Å². The highest BCUT2D eigenvalue weighted by Crippen LogP contribution is 2.30. The van der Waals surface area contributed by atoms with Crippen LogP contribution >= 0.6 is 0 Å². The standard InChI is InChI=1S/C20H25N3O5S/c1-3-28-18-12-7-6-11-17(18)23(29(2,26)27)14-8-13-19(24)22-16-10-5-4-9-15(16)20(21)25/h4-7,9-12H,3,8,13-14H2,1-2H3,(H2,21,25)(H,22,24). The smallest absolute Gasteiger partial charge is 0.250 e. The Bertz CT molecular complexity index is 976. The predicted molar refractivity (Wildman–Crippen MR) is 113 cm³/mol. The molecular weight excluding hydrogens is 394 g/mol. The highest BCUT2D eigenvalue weighted by molar-refractivity contribution is 7.92. The van der Waals surface area contributed by atoms with Crippen molar-refractivity contribution in [3.8, 4) is 5.75 Å². The minimum Gasteiger partial charge on any atom is -0.492 e. The molecule has 3 N–H and O–H groups in total. The Labute approximate surface area is 170 Å². The molecule has 0 aliphatic rings. The monoisotopic (exact) mass is 419 g/mol. The van der Waals surface area contributed by atoms with Gasteiger partial charge in [-0.3, -0.25) is 13.9 Å². The number of carbonyl (C=O) groups excluding carboxylic acids is 2. The van der Waals surface area contributed by atoms with Crippen molar-refractivity contribution < 1.29 is 22.7 Å². The molecule has 2 aromatic rings. The predicted octanol–water partition coefficient (Wildman–Crippen LogP) is 2.37. The fraction of sp³-hybridized carbons (Fsp3) is 0.300. The molecule has 0 aliphatic carbocycles. The van der Waals surface area contributed by atoms with Gasteiger partial charge in [0, 0.05) is 13.0 Å². The second-order valence-electron chi connectivity index (χ2n) is 6.30. The Morgan fingerprint density at radius 1 is 1.10 bits per heavy atom. The van der Waals surface area contributed by atoms with Crippen LogP contribution in [0.3, 0.4) is 0 Å². The van der Waals surface area contributed by atoms with Gasteiger partial charge < -0.3 is 15.8 Å². The maximum absolute atomic E-state index is 12.3. The van der Waals surface area contributed by atoms with Crippen LogP contribution in [0, 0.1) is 0 Å². The summed E-state index contributed by atoms with van der Waals surface area (Å²) in [6, 6.07) is 13.3. The third-order valence-corrected chi connectivity index (χ3v) is 5.25. The summed E-state index contributed by atoms with van der Waals surface area (Å²) in [5.74, 6) is -0.526. The number of nitrogens with zero attached hydrogens (tertiary/aromatic N) is 1. The molecular formula is C20H25N3O5S. The molecule has 8 nitrogen and oxygen atoms in total. The number of primary amides is 1. The quantitative estimate of drug-likeness (QED) is 0.613. The van der Waals surface area contributed by atoms with Gasteiger partial charge in [0.2, 0.25) is 15.9 Å². The number of ether oxygens (including phenoxy) is 1. The molecule has 0 radical (unpaired) electrons. The molecule has 0 spiro atoms. The average molecular weight is 420 g/mol. The van der Waals surface area contributed by atoms with Crippen molar-refractivity contribution in [3.05, 3.63) is 54.1 Å². The van der Waals surface area contributed by atoms with E-state index in [0.29, 0.717) is 23.7 Å². The van der Waals surface area contributed by atoms with Gasteiger partial charge in [-0.2, -0.15) is 0 Å². The second-order valence-corrected chi connectivity index (χ2v) is 8.20. The van der Waals surface area contributed by atoms with Crippen molar-refractivity contribution >= 4 is 33.2 Å². The van der Waals surface area contributed by atoms with Crippen molar-refractivity contribution in [2.75, 3.05) is 29.0 Å². The van der Waals surface area contributed by atoms with Gasteiger partial charge in [0.05, 0.1) is 29.8 Å². The molecule has 2 rings (SSSR count). The lowest BCUT2D eigenvalue weighted by Gasteiger charge is -2.24. The maximum Gasteiger partial charge on any atom is 0.250 e. The van der Waals surface area contributed by atoms with Crippen LogP contribution < -0.4 is 20.1 Å². The van der Waals surface area contributed by atoms with E-state index in [-0.39, 0.29) is 30.9 Å². The molecule has 9 heteroatoms. The number of rotatable bonds is 10. The van der Waals surface area contributed by atoms with Crippen LogP contribution in [-0.2, 0) is 14.8 Å². The molecule has 0 saturated heterocycles. The minimum absolute atomic E-state index is 0.0654. The van der Waals surface area contributed by atoms with Crippen molar-refractivity contribution in [2.24, 2.45) is 5.73 Å². The number of carbonyl (C=O) groups is 2. The fourth-order valence-corrected chi connectivity index (χ4v) is 3.78. The Morgan fingerprint density at radius 3 is 2.41 bits per heavy atom. The number of hydrogen-bond acceptors (Lipinski definition) is 5. The lowest BCUT2D eigenvalue weighted by Crippen LogP contribution is -2.32.